The first-order valence-electron chi connectivity index (χ1n) is 5.95. The Labute approximate surface area is 121 Å². The molecule has 1 aromatic carbocycles. The fourth-order valence-corrected chi connectivity index (χ4v) is 2.45. The predicted octanol–water partition coefficient (Wildman–Crippen LogP) is 2.80. The second kappa shape index (κ2) is 7.28. The van der Waals surface area contributed by atoms with Crippen LogP contribution in [0.5, 0.6) is 0 Å². The van der Waals surface area contributed by atoms with E-state index in [1.165, 1.54) is 7.11 Å². The molecule has 0 amide bonds. The van der Waals surface area contributed by atoms with Crippen molar-refractivity contribution in [2.45, 2.75) is 24.8 Å². The Morgan fingerprint density at radius 3 is 2.21 bits per heavy atom. The first-order chi connectivity index (χ1) is 8.97. The summed E-state index contributed by atoms with van der Waals surface area (Å²) in [7, 11) is 1.30. The van der Waals surface area contributed by atoms with Gasteiger partial charge in [0, 0.05) is 0 Å². The quantitative estimate of drug-likeness (QED) is 0.616. The fourth-order valence-electron chi connectivity index (χ4n) is 1.55. The third-order valence-electron chi connectivity index (χ3n) is 2.62. The highest BCUT2D eigenvalue weighted by molar-refractivity contribution is 9.10. The van der Waals surface area contributed by atoms with E-state index in [0.717, 1.165) is 0 Å². The second-order valence-electron chi connectivity index (χ2n) is 4.40. The summed E-state index contributed by atoms with van der Waals surface area (Å²) in [6.07, 6.45) is -0.583. The zero-order chi connectivity index (χ0) is 14.4. The van der Waals surface area contributed by atoms with Gasteiger partial charge in [-0.1, -0.05) is 48.0 Å². The monoisotopic (exact) mass is 328 g/mol. The van der Waals surface area contributed by atoms with Crippen molar-refractivity contribution in [3.05, 3.63) is 35.9 Å². The third kappa shape index (κ3) is 4.35. The Bertz CT molecular complexity index is 430. The van der Waals surface area contributed by atoms with E-state index in [2.05, 4.69) is 20.7 Å². The van der Waals surface area contributed by atoms with Gasteiger partial charge in [0.2, 0.25) is 0 Å². The van der Waals surface area contributed by atoms with Crippen LogP contribution in [0, 0.1) is 5.92 Å². The van der Waals surface area contributed by atoms with Crippen molar-refractivity contribution in [2.24, 2.45) is 5.92 Å². The molecule has 5 heteroatoms. The Morgan fingerprint density at radius 2 is 1.74 bits per heavy atom. The number of halogens is 1. The lowest BCUT2D eigenvalue weighted by Gasteiger charge is -2.24. The third-order valence-corrected chi connectivity index (χ3v) is 3.52. The van der Waals surface area contributed by atoms with Gasteiger partial charge in [-0.25, -0.2) is 4.79 Å². The molecule has 1 rings (SSSR count). The van der Waals surface area contributed by atoms with Crippen molar-refractivity contribution in [1.82, 2.24) is 0 Å². The number of benzene rings is 1. The van der Waals surface area contributed by atoms with Gasteiger partial charge in [0.25, 0.3) is 0 Å². The number of hydrogen-bond acceptors (Lipinski definition) is 4. The van der Waals surface area contributed by atoms with Gasteiger partial charge in [0.15, 0.2) is 0 Å². The van der Waals surface area contributed by atoms with Crippen LogP contribution >= 0.6 is 15.9 Å². The lowest BCUT2D eigenvalue weighted by Crippen LogP contribution is -2.37. The highest BCUT2D eigenvalue weighted by Crippen LogP contribution is 2.20. The molecule has 19 heavy (non-hydrogen) atoms. The van der Waals surface area contributed by atoms with Crippen LogP contribution in [0.3, 0.4) is 0 Å². The van der Waals surface area contributed by atoms with Crippen LogP contribution in [0.25, 0.3) is 0 Å². The van der Waals surface area contributed by atoms with Gasteiger partial charge in [0.05, 0.1) is 12.7 Å². The van der Waals surface area contributed by atoms with Gasteiger partial charge in [-0.3, -0.25) is 4.79 Å². The molecule has 0 fully saturated rings. The first kappa shape index (κ1) is 15.7. The molecule has 0 aliphatic heterocycles. The minimum atomic E-state index is -0.676. The van der Waals surface area contributed by atoms with E-state index in [1.54, 1.807) is 24.3 Å². The summed E-state index contributed by atoms with van der Waals surface area (Å²) in [4.78, 5) is 22.8. The summed E-state index contributed by atoms with van der Waals surface area (Å²) >= 11 is 3.22. The predicted molar refractivity (Wildman–Crippen MR) is 75.2 cm³/mol. The zero-order valence-electron chi connectivity index (χ0n) is 11.1. The SMILES string of the molecule is COC(=O)[C@@H](Br)[C@@H](OC(=O)c1ccccc1)C(C)C. The standard InChI is InChI=1S/C14H17BrO4/c1-9(2)12(11(15)14(17)18-3)19-13(16)10-7-5-4-6-8-10/h4-9,11-12H,1-3H3/t11-,12-/m0/s1. The van der Waals surface area contributed by atoms with Crippen LogP contribution in [0.2, 0.25) is 0 Å². The van der Waals surface area contributed by atoms with Gasteiger partial charge >= 0.3 is 11.9 Å². The van der Waals surface area contributed by atoms with Crippen LogP contribution in [0.1, 0.15) is 24.2 Å². The maximum Gasteiger partial charge on any atom is 0.338 e. The molecule has 104 valence electrons. The first-order valence-corrected chi connectivity index (χ1v) is 6.87. The van der Waals surface area contributed by atoms with E-state index in [4.69, 9.17) is 4.74 Å². The molecular weight excluding hydrogens is 312 g/mol. The molecule has 0 bridgehead atoms. The van der Waals surface area contributed by atoms with Gasteiger partial charge < -0.3 is 9.47 Å². The van der Waals surface area contributed by atoms with Crippen molar-refractivity contribution < 1.29 is 19.1 Å². The average molecular weight is 329 g/mol. The number of esters is 2. The number of alkyl halides is 1. The number of hydrogen-bond donors (Lipinski definition) is 0. The number of ether oxygens (including phenoxy) is 2. The summed E-state index contributed by atoms with van der Waals surface area (Å²) < 4.78 is 10.0. The Hall–Kier alpha value is -1.36. The molecule has 1 aromatic rings. The van der Waals surface area contributed by atoms with Gasteiger partial charge in [-0.2, -0.15) is 0 Å². The van der Waals surface area contributed by atoms with E-state index in [0.29, 0.717) is 5.56 Å². The van der Waals surface area contributed by atoms with Crippen LogP contribution in [-0.2, 0) is 14.3 Å². The highest BCUT2D eigenvalue weighted by atomic mass is 79.9. The van der Waals surface area contributed by atoms with Crippen molar-refractivity contribution in [1.29, 1.82) is 0 Å². The molecule has 0 N–H and O–H groups in total. The van der Waals surface area contributed by atoms with E-state index < -0.39 is 22.9 Å². The maximum atomic E-state index is 12.0. The van der Waals surface area contributed by atoms with Gasteiger partial charge in [-0.05, 0) is 18.1 Å². The van der Waals surface area contributed by atoms with E-state index in [-0.39, 0.29) is 5.92 Å². The molecule has 0 aliphatic carbocycles. The van der Waals surface area contributed by atoms with Crippen LogP contribution < -0.4 is 0 Å². The Balaban J connectivity index is 2.80. The van der Waals surface area contributed by atoms with Crippen molar-refractivity contribution in [3.63, 3.8) is 0 Å². The molecule has 0 saturated heterocycles. The molecule has 0 spiro atoms. The summed E-state index contributed by atoms with van der Waals surface area (Å²) in [5, 5.41) is 0. The van der Waals surface area contributed by atoms with E-state index in [9.17, 15) is 9.59 Å². The molecule has 0 aliphatic rings. The Morgan fingerprint density at radius 1 is 1.16 bits per heavy atom. The number of carbonyl (C=O) groups excluding carboxylic acids is 2. The Kier molecular flexibility index (Phi) is 6.02. The molecule has 0 unspecified atom stereocenters. The van der Waals surface area contributed by atoms with Crippen LogP contribution in [-0.4, -0.2) is 30.0 Å². The maximum absolute atomic E-state index is 12.0. The molecule has 0 saturated carbocycles. The molecular formula is C14H17BrO4. The van der Waals surface area contributed by atoms with Crippen molar-refractivity contribution in [2.75, 3.05) is 7.11 Å². The van der Waals surface area contributed by atoms with E-state index >= 15 is 0 Å². The minimum Gasteiger partial charge on any atom is -0.468 e. The average Bonchev–Trinajstić information content (AvgIpc) is 2.43. The number of rotatable bonds is 5. The van der Waals surface area contributed by atoms with E-state index in [1.807, 2.05) is 19.9 Å². The molecule has 0 radical (unpaired) electrons. The summed E-state index contributed by atoms with van der Waals surface area (Å²) in [5.74, 6) is -0.927. The minimum absolute atomic E-state index is 0.0175. The van der Waals surface area contributed by atoms with Crippen molar-refractivity contribution >= 4 is 27.9 Å². The van der Waals surface area contributed by atoms with Gasteiger partial charge in [-0.15, -0.1) is 0 Å². The van der Waals surface area contributed by atoms with Gasteiger partial charge in [0.1, 0.15) is 10.9 Å². The highest BCUT2D eigenvalue weighted by Gasteiger charge is 2.32. The zero-order valence-corrected chi connectivity index (χ0v) is 12.7. The van der Waals surface area contributed by atoms with Crippen LogP contribution in [0.15, 0.2) is 30.3 Å². The molecule has 0 aromatic heterocycles. The largest absolute Gasteiger partial charge is 0.468 e. The summed E-state index contributed by atoms with van der Waals surface area (Å²) in [5.41, 5.74) is 0.456. The lowest BCUT2D eigenvalue weighted by atomic mass is 10.0. The smallest absolute Gasteiger partial charge is 0.338 e. The fraction of sp³-hybridized carbons (Fsp3) is 0.429. The topological polar surface area (TPSA) is 52.6 Å². The molecule has 4 nitrogen and oxygen atoms in total. The number of methoxy groups -OCH3 is 1. The summed E-state index contributed by atoms with van der Waals surface area (Å²) in [6, 6.07) is 8.67. The summed E-state index contributed by atoms with van der Waals surface area (Å²) in [6.45, 7) is 3.75. The molecule has 2 atom stereocenters. The number of carbonyl (C=O) groups is 2. The second-order valence-corrected chi connectivity index (χ2v) is 5.39. The normalized spacial score (nSPS) is 13.7. The van der Waals surface area contributed by atoms with Crippen LogP contribution in [0.4, 0.5) is 0 Å². The van der Waals surface area contributed by atoms with Crippen molar-refractivity contribution in [3.8, 4) is 0 Å². The lowest BCUT2D eigenvalue weighted by molar-refractivity contribution is -0.142. The molecule has 0 heterocycles.